The number of H-pyrrole nitrogens is 1. The summed E-state index contributed by atoms with van der Waals surface area (Å²) >= 11 is 6.42. The quantitative estimate of drug-likeness (QED) is 0.317. The summed E-state index contributed by atoms with van der Waals surface area (Å²) in [6, 6.07) is 12.4. The van der Waals surface area contributed by atoms with Gasteiger partial charge in [0, 0.05) is 29.6 Å². The van der Waals surface area contributed by atoms with Crippen molar-refractivity contribution in [2.24, 2.45) is 0 Å². The van der Waals surface area contributed by atoms with Crippen LogP contribution in [0.1, 0.15) is 28.9 Å². The first kappa shape index (κ1) is 23.2. The molecule has 180 valence electrons. The molecule has 3 N–H and O–H groups in total. The molecule has 3 heterocycles. The van der Waals surface area contributed by atoms with Crippen LogP contribution in [-0.2, 0) is 4.74 Å². The fourth-order valence-electron chi connectivity index (χ4n) is 4.05. The number of fused-ring (bicyclic) bond motifs is 1. The number of carbonyl (C=O) groups is 1. The van der Waals surface area contributed by atoms with Crippen molar-refractivity contribution in [2.45, 2.75) is 25.0 Å². The highest BCUT2D eigenvalue weighted by Gasteiger charge is 2.25. The Labute approximate surface area is 205 Å². The SMILES string of the molecule is O=C(c1ccc(Oc2ccccc2F)cc1Cl)c1[nH]nc2nccc(N[C@@H]3CC[C@@H](CO)OC3)c12. The van der Waals surface area contributed by atoms with Gasteiger partial charge in [0.15, 0.2) is 17.2 Å². The number of nitrogens with one attached hydrogen (secondary N) is 2. The summed E-state index contributed by atoms with van der Waals surface area (Å²) in [7, 11) is 0. The second-order valence-electron chi connectivity index (χ2n) is 8.22. The number of ketones is 1. The van der Waals surface area contributed by atoms with E-state index in [2.05, 4.69) is 20.5 Å². The molecule has 2 aromatic heterocycles. The van der Waals surface area contributed by atoms with Gasteiger partial charge in [0.25, 0.3) is 0 Å². The fraction of sp³-hybridized carbons (Fsp3) is 0.240. The van der Waals surface area contributed by atoms with Gasteiger partial charge in [-0.1, -0.05) is 23.7 Å². The third-order valence-electron chi connectivity index (χ3n) is 5.86. The Kier molecular flexibility index (Phi) is 6.63. The van der Waals surface area contributed by atoms with Gasteiger partial charge in [0.2, 0.25) is 5.78 Å². The van der Waals surface area contributed by atoms with Crippen LogP contribution < -0.4 is 10.1 Å². The van der Waals surface area contributed by atoms with Crippen molar-refractivity contribution < 1.29 is 23.8 Å². The Morgan fingerprint density at radius 3 is 2.86 bits per heavy atom. The Hall–Kier alpha value is -3.53. The third kappa shape index (κ3) is 4.84. The number of hydrogen-bond donors (Lipinski definition) is 3. The number of carbonyl (C=O) groups excluding carboxylic acids is 1. The predicted molar refractivity (Wildman–Crippen MR) is 129 cm³/mol. The molecule has 0 radical (unpaired) electrons. The molecule has 0 bridgehead atoms. The molecule has 2 aromatic carbocycles. The minimum atomic E-state index is -0.504. The normalized spacial score (nSPS) is 17.9. The molecule has 0 saturated carbocycles. The molecule has 0 amide bonds. The van der Waals surface area contributed by atoms with Gasteiger partial charge >= 0.3 is 0 Å². The van der Waals surface area contributed by atoms with E-state index in [0.29, 0.717) is 29.1 Å². The van der Waals surface area contributed by atoms with Crippen LogP contribution in [0.3, 0.4) is 0 Å². The molecular formula is C25H22ClFN4O4. The number of anilines is 1. The van der Waals surface area contributed by atoms with Crippen molar-refractivity contribution in [3.8, 4) is 11.5 Å². The second kappa shape index (κ2) is 9.99. The van der Waals surface area contributed by atoms with Crippen LogP contribution in [0.2, 0.25) is 5.02 Å². The monoisotopic (exact) mass is 496 g/mol. The van der Waals surface area contributed by atoms with E-state index in [1.54, 1.807) is 30.5 Å². The number of aliphatic hydroxyl groups excluding tert-OH is 1. The molecule has 10 heteroatoms. The minimum Gasteiger partial charge on any atom is -0.454 e. The Bertz CT molecular complexity index is 1370. The smallest absolute Gasteiger partial charge is 0.213 e. The zero-order valence-corrected chi connectivity index (χ0v) is 19.3. The van der Waals surface area contributed by atoms with Gasteiger partial charge < -0.3 is 19.9 Å². The number of pyridine rings is 1. The standard InChI is InChI=1S/C25H22ClFN4O4/c26-18-11-15(35-21-4-2-1-3-19(21)27)7-8-17(18)24(33)23-22-20(9-10-28-25(22)31-30-23)29-14-5-6-16(12-32)34-13-14/h1-4,7-11,14,16,32H,5-6,12-13H2,(H2,28,29,30,31)/t14-,16+/m1/s1. The second-order valence-corrected chi connectivity index (χ2v) is 8.62. The molecule has 5 rings (SSSR count). The zero-order valence-electron chi connectivity index (χ0n) is 18.5. The number of aliphatic hydroxyl groups is 1. The first-order valence-corrected chi connectivity index (χ1v) is 11.5. The molecule has 1 fully saturated rings. The summed E-state index contributed by atoms with van der Waals surface area (Å²) in [6.07, 6.45) is 3.01. The Morgan fingerprint density at radius 2 is 2.11 bits per heavy atom. The number of hydrogen-bond acceptors (Lipinski definition) is 7. The summed E-state index contributed by atoms with van der Waals surface area (Å²) in [5, 5.41) is 20.4. The Morgan fingerprint density at radius 1 is 1.26 bits per heavy atom. The van der Waals surface area contributed by atoms with E-state index < -0.39 is 5.82 Å². The fourth-order valence-corrected chi connectivity index (χ4v) is 4.30. The van der Waals surface area contributed by atoms with Crippen molar-refractivity contribution in [1.82, 2.24) is 15.2 Å². The van der Waals surface area contributed by atoms with Crippen LogP contribution >= 0.6 is 11.6 Å². The first-order chi connectivity index (χ1) is 17.0. The van der Waals surface area contributed by atoms with Crippen molar-refractivity contribution in [3.05, 3.63) is 76.8 Å². The first-order valence-electron chi connectivity index (χ1n) is 11.1. The number of benzene rings is 2. The van der Waals surface area contributed by atoms with E-state index >= 15 is 0 Å². The van der Waals surface area contributed by atoms with Gasteiger partial charge in [-0.25, -0.2) is 9.37 Å². The summed E-state index contributed by atoms with van der Waals surface area (Å²) in [4.78, 5) is 17.7. The number of ether oxygens (including phenoxy) is 2. The van der Waals surface area contributed by atoms with E-state index in [9.17, 15) is 14.3 Å². The predicted octanol–water partition coefficient (Wildman–Crippen LogP) is 4.73. The maximum Gasteiger partial charge on any atom is 0.213 e. The number of aromatic nitrogens is 3. The van der Waals surface area contributed by atoms with E-state index in [-0.39, 0.29) is 46.6 Å². The lowest BCUT2D eigenvalue weighted by atomic mass is 10.0. The van der Waals surface area contributed by atoms with Gasteiger partial charge in [-0.3, -0.25) is 9.89 Å². The van der Waals surface area contributed by atoms with Crippen LogP contribution in [0.15, 0.2) is 54.7 Å². The molecule has 2 atom stereocenters. The molecule has 8 nitrogen and oxygen atoms in total. The van der Waals surface area contributed by atoms with Crippen LogP contribution in [0.5, 0.6) is 11.5 Å². The number of rotatable bonds is 7. The number of para-hydroxylation sites is 1. The summed E-state index contributed by atoms with van der Waals surface area (Å²) in [5.74, 6) is -0.517. The maximum absolute atomic E-state index is 13.9. The largest absolute Gasteiger partial charge is 0.454 e. The molecule has 4 aromatic rings. The summed E-state index contributed by atoms with van der Waals surface area (Å²) < 4.78 is 25.1. The van der Waals surface area contributed by atoms with Crippen LogP contribution in [-0.4, -0.2) is 51.4 Å². The molecular weight excluding hydrogens is 475 g/mol. The molecule has 1 saturated heterocycles. The van der Waals surface area contributed by atoms with Crippen LogP contribution in [0.4, 0.5) is 10.1 Å². The number of halogens is 2. The van der Waals surface area contributed by atoms with Crippen molar-refractivity contribution >= 4 is 34.1 Å². The van der Waals surface area contributed by atoms with Gasteiger partial charge in [0.1, 0.15) is 11.4 Å². The molecule has 0 unspecified atom stereocenters. The van der Waals surface area contributed by atoms with Gasteiger partial charge in [-0.2, -0.15) is 5.10 Å². The third-order valence-corrected chi connectivity index (χ3v) is 6.18. The minimum absolute atomic E-state index is 0.00250. The summed E-state index contributed by atoms with van der Waals surface area (Å²) in [6.45, 7) is 0.433. The van der Waals surface area contributed by atoms with Crippen LogP contribution in [0, 0.1) is 5.82 Å². The van der Waals surface area contributed by atoms with Gasteiger partial charge in [0.05, 0.1) is 29.7 Å². The molecule has 1 aliphatic rings. The highest BCUT2D eigenvalue weighted by atomic mass is 35.5. The summed E-state index contributed by atoms with van der Waals surface area (Å²) in [5.41, 5.74) is 1.56. The lowest BCUT2D eigenvalue weighted by molar-refractivity contribution is -0.0223. The molecule has 1 aliphatic heterocycles. The number of nitrogens with zero attached hydrogens (tertiary/aromatic N) is 2. The topological polar surface area (TPSA) is 109 Å². The lowest BCUT2D eigenvalue weighted by Gasteiger charge is -2.29. The van der Waals surface area contributed by atoms with E-state index in [1.165, 1.54) is 24.3 Å². The number of aromatic amines is 1. The van der Waals surface area contributed by atoms with E-state index in [4.69, 9.17) is 21.1 Å². The average molecular weight is 497 g/mol. The van der Waals surface area contributed by atoms with Gasteiger partial charge in [-0.05, 0) is 43.2 Å². The van der Waals surface area contributed by atoms with Crippen molar-refractivity contribution in [1.29, 1.82) is 0 Å². The van der Waals surface area contributed by atoms with Crippen LogP contribution in [0.25, 0.3) is 11.0 Å². The molecule has 35 heavy (non-hydrogen) atoms. The van der Waals surface area contributed by atoms with E-state index in [0.717, 1.165) is 12.8 Å². The Balaban J connectivity index is 1.40. The highest BCUT2D eigenvalue weighted by molar-refractivity contribution is 6.35. The highest BCUT2D eigenvalue weighted by Crippen LogP contribution is 2.32. The lowest BCUT2D eigenvalue weighted by Crippen LogP contribution is -2.36. The van der Waals surface area contributed by atoms with Gasteiger partial charge in [-0.15, -0.1) is 0 Å². The van der Waals surface area contributed by atoms with E-state index in [1.807, 2.05) is 0 Å². The molecule has 0 spiro atoms. The van der Waals surface area contributed by atoms with Crippen molar-refractivity contribution in [2.75, 3.05) is 18.5 Å². The van der Waals surface area contributed by atoms with Crippen molar-refractivity contribution in [3.63, 3.8) is 0 Å². The molecule has 0 aliphatic carbocycles. The average Bonchev–Trinajstić information content (AvgIpc) is 3.31. The maximum atomic E-state index is 13.9. The zero-order chi connectivity index (χ0) is 24.4.